The van der Waals surface area contributed by atoms with Crippen LogP contribution in [-0.4, -0.2) is 0 Å². The second-order valence-corrected chi connectivity index (χ2v) is 5.56. The van der Waals surface area contributed by atoms with E-state index in [9.17, 15) is 0 Å². The maximum atomic E-state index is 6.24. The Kier molecular flexibility index (Phi) is 4.95. The summed E-state index contributed by atoms with van der Waals surface area (Å²) in [6.07, 6.45) is 4.58. The number of allylic oxidation sites excluding steroid dienone is 1. The first-order valence-corrected chi connectivity index (χ1v) is 6.43. The SMILES string of the molecule is CCC(C)(C)C/C=C(\C)C(N)c1ccccc1. The van der Waals surface area contributed by atoms with Crippen LogP contribution in [0.25, 0.3) is 0 Å². The summed E-state index contributed by atoms with van der Waals surface area (Å²) in [5, 5.41) is 0. The second-order valence-electron chi connectivity index (χ2n) is 5.56. The Labute approximate surface area is 106 Å². The summed E-state index contributed by atoms with van der Waals surface area (Å²) in [4.78, 5) is 0. The lowest BCUT2D eigenvalue weighted by atomic mass is 9.85. The molecule has 0 fully saturated rings. The van der Waals surface area contributed by atoms with Gasteiger partial charge in [0, 0.05) is 0 Å². The van der Waals surface area contributed by atoms with E-state index >= 15 is 0 Å². The summed E-state index contributed by atoms with van der Waals surface area (Å²) in [5.41, 5.74) is 9.07. The third kappa shape index (κ3) is 4.35. The molecule has 1 nitrogen and oxygen atoms in total. The van der Waals surface area contributed by atoms with E-state index in [0.717, 1.165) is 6.42 Å². The maximum absolute atomic E-state index is 6.24. The van der Waals surface area contributed by atoms with Gasteiger partial charge in [0.05, 0.1) is 6.04 Å². The molecular formula is C16H25N. The van der Waals surface area contributed by atoms with Crippen molar-refractivity contribution < 1.29 is 0 Å². The van der Waals surface area contributed by atoms with Crippen LogP contribution in [0.2, 0.25) is 0 Å². The monoisotopic (exact) mass is 231 g/mol. The van der Waals surface area contributed by atoms with Gasteiger partial charge < -0.3 is 5.73 Å². The average molecular weight is 231 g/mol. The Morgan fingerprint density at radius 2 is 1.88 bits per heavy atom. The number of rotatable bonds is 5. The van der Waals surface area contributed by atoms with Crippen molar-refractivity contribution in [2.45, 2.75) is 46.6 Å². The molecule has 1 rings (SSSR count). The van der Waals surface area contributed by atoms with E-state index in [4.69, 9.17) is 5.73 Å². The van der Waals surface area contributed by atoms with Crippen LogP contribution >= 0.6 is 0 Å². The Morgan fingerprint density at radius 3 is 2.41 bits per heavy atom. The molecule has 0 amide bonds. The number of hydrogen-bond donors (Lipinski definition) is 1. The zero-order valence-corrected chi connectivity index (χ0v) is 11.5. The molecule has 0 heterocycles. The van der Waals surface area contributed by atoms with Gasteiger partial charge in [0.2, 0.25) is 0 Å². The van der Waals surface area contributed by atoms with E-state index in [1.54, 1.807) is 0 Å². The molecule has 0 aliphatic rings. The Hall–Kier alpha value is -1.08. The lowest BCUT2D eigenvalue weighted by Gasteiger charge is -2.21. The topological polar surface area (TPSA) is 26.0 Å². The average Bonchev–Trinajstić information content (AvgIpc) is 2.36. The van der Waals surface area contributed by atoms with Crippen LogP contribution in [0.5, 0.6) is 0 Å². The van der Waals surface area contributed by atoms with E-state index in [1.165, 1.54) is 17.6 Å². The molecule has 0 saturated carbocycles. The minimum absolute atomic E-state index is 0.0313. The molecular weight excluding hydrogens is 206 g/mol. The van der Waals surface area contributed by atoms with E-state index < -0.39 is 0 Å². The Morgan fingerprint density at radius 1 is 1.29 bits per heavy atom. The highest BCUT2D eigenvalue weighted by Crippen LogP contribution is 2.27. The first kappa shape index (κ1) is 14.0. The zero-order chi connectivity index (χ0) is 12.9. The maximum Gasteiger partial charge on any atom is 0.0508 e. The quantitative estimate of drug-likeness (QED) is 0.744. The summed E-state index contributed by atoms with van der Waals surface area (Å²) in [6, 6.07) is 10.3. The van der Waals surface area contributed by atoms with Crippen molar-refractivity contribution in [3.8, 4) is 0 Å². The fourth-order valence-corrected chi connectivity index (χ4v) is 1.63. The van der Waals surface area contributed by atoms with Gasteiger partial charge in [-0.15, -0.1) is 0 Å². The second kappa shape index (κ2) is 6.02. The van der Waals surface area contributed by atoms with Crippen LogP contribution in [0.1, 0.15) is 52.1 Å². The molecule has 0 saturated heterocycles. The fraction of sp³-hybridized carbons (Fsp3) is 0.500. The Balaban J connectivity index is 2.70. The van der Waals surface area contributed by atoms with Crippen molar-refractivity contribution in [1.82, 2.24) is 0 Å². The smallest absolute Gasteiger partial charge is 0.0508 e. The summed E-state index contributed by atoms with van der Waals surface area (Å²) in [6.45, 7) is 8.96. The highest BCUT2D eigenvalue weighted by atomic mass is 14.6. The van der Waals surface area contributed by atoms with Crippen LogP contribution in [0.15, 0.2) is 42.0 Å². The van der Waals surface area contributed by atoms with Crippen LogP contribution < -0.4 is 5.73 Å². The van der Waals surface area contributed by atoms with Gasteiger partial charge in [-0.3, -0.25) is 0 Å². The highest BCUT2D eigenvalue weighted by Gasteiger charge is 2.14. The molecule has 0 bridgehead atoms. The van der Waals surface area contributed by atoms with Gasteiger partial charge in [0.15, 0.2) is 0 Å². The van der Waals surface area contributed by atoms with E-state index in [-0.39, 0.29) is 6.04 Å². The van der Waals surface area contributed by atoms with Gasteiger partial charge in [-0.05, 0) is 24.3 Å². The molecule has 0 aliphatic heterocycles. The Bertz CT molecular complexity index is 362. The normalized spacial score (nSPS) is 14.8. The predicted molar refractivity (Wildman–Crippen MR) is 75.8 cm³/mol. The number of hydrogen-bond acceptors (Lipinski definition) is 1. The van der Waals surface area contributed by atoms with Gasteiger partial charge in [-0.1, -0.05) is 69.2 Å². The molecule has 1 unspecified atom stereocenters. The summed E-state index contributed by atoms with van der Waals surface area (Å²) in [5.74, 6) is 0. The molecule has 1 aromatic carbocycles. The molecule has 0 aromatic heterocycles. The highest BCUT2D eigenvalue weighted by molar-refractivity contribution is 5.26. The van der Waals surface area contributed by atoms with Crippen molar-refractivity contribution in [2.24, 2.45) is 11.1 Å². The van der Waals surface area contributed by atoms with Crippen LogP contribution in [0, 0.1) is 5.41 Å². The lowest BCUT2D eigenvalue weighted by Crippen LogP contribution is -2.13. The predicted octanol–water partition coefficient (Wildman–Crippen LogP) is 4.46. The molecule has 17 heavy (non-hydrogen) atoms. The minimum Gasteiger partial charge on any atom is -0.321 e. The largest absolute Gasteiger partial charge is 0.321 e. The molecule has 1 heteroatoms. The van der Waals surface area contributed by atoms with Gasteiger partial charge in [-0.2, -0.15) is 0 Å². The standard InChI is InChI=1S/C16H25N/c1-5-16(3,4)12-11-13(2)15(17)14-9-7-6-8-10-14/h6-11,15H,5,12,17H2,1-4H3/b13-11+. The first-order valence-electron chi connectivity index (χ1n) is 6.43. The van der Waals surface area contributed by atoms with Gasteiger partial charge in [0.25, 0.3) is 0 Å². The van der Waals surface area contributed by atoms with Crippen molar-refractivity contribution in [1.29, 1.82) is 0 Å². The summed E-state index contributed by atoms with van der Waals surface area (Å²) in [7, 11) is 0. The molecule has 1 atom stereocenters. The van der Waals surface area contributed by atoms with Gasteiger partial charge in [-0.25, -0.2) is 0 Å². The van der Waals surface area contributed by atoms with Crippen LogP contribution in [0.3, 0.4) is 0 Å². The molecule has 2 N–H and O–H groups in total. The molecule has 94 valence electrons. The summed E-state index contributed by atoms with van der Waals surface area (Å²) >= 11 is 0. The van der Waals surface area contributed by atoms with Crippen LogP contribution in [-0.2, 0) is 0 Å². The van der Waals surface area contributed by atoms with Crippen molar-refractivity contribution >= 4 is 0 Å². The van der Waals surface area contributed by atoms with Gasteiger partial charge >= 0.3 is 0 Å². The molecule has 0 spiro atoms. The van der Waals surface area contributed by atoms with Crippen molar-refractivity contribution in [3.05, 3.63) is 47.5 Å². The van der Waals surface area contributed by atoms with E-state index in [1.807, 2.05) is 18.2 Å². The third-order valence-electron chi connectivity index (χ3n) is 3.58. The number of benzene rings is 1. The zero-order valence-electron chi connectivity index (χ0n) is 11.5. The van der Waals surface area contributed by atoms with Crippen molar-refractivity contribution in [2.75, 3.05) is 0 Å². The molecule has 1 aromatic rings. The number of nitrogens with two attached hydrogens (primary N) is 1. The minimum atomic E-state index is 0.0313. The third-order valence-corrected chi connectivity index (χ3v) is 3.58. The molecule has 0 aliphatic carbocycles. The van der Waals surface area contributed by atoms with E-state index in [0.29, 0.717) is 5.41 Å². The van der Waals surface area contributed by atoms with Crippen LogP contribution in [0.4, 0.5) is 0 Å². The van der Waals surface area contributed by atoms with Gasteiger partial charge in [0.1, 0.15) is 0 Å². The van der Waals surface area contributed by atoms with E-state index in [2.05, 4.69) is 45.9 Å². The lowest BCUT2D eigenvalue weighted by molar-refractivity contribution is 0.355. The first-order chi connectivity index (χ1) is 7.96. The molecule has 0 radical (unpaired) electrons. The van der Waals surface area contributed by atoms with Crippen molar-refractivity contribution in [3.63, 3.8) is 0 Å². The summed E-state index contributed by atoms with van der Waals surface area (Å²) < 4.78 is 0. The fourth-order valence-electron chi connectivity index (χ4n) is 1.63.